The van der Waals surface area contributed by atoms with E-state index in [-0.39, 0.29) is 29.7 Å². The minimum Gasteiger partial charge on any atom is -0.444 e. The standard InChI is InChI=1S/C32H45N3O4/c1-19(2)14-26(34-31(38)39-32(7,8)9)30(37)35(27-18-23(27)6)28(24-16-20(3)15-21(4)17-24)29(36)33-25-13-11-10-12-22(25)5/h10-13,15-17,19,23,26-28H,14,18H2,1-9H3,(H,33,36)(H,34,38). The van der Waals surface area contributed by atoms with Gasteiger partial charge in [-0.3, -0.25) is 9.59 Å². The lowest BCUT2D eigenvalue weighted by Crippen LogP contribution is -2.53. The predicted molar refractivity (Wildman–Crippen MR) is 155 cm³/mol. The molecule has 1 aliphatic rings. The summed E-state index contributed by atoms with van der Waals surface area (Å²) in [5, 5.41) is 5.91. The molecule has 1 fully saturated rings. The number of carbonyl (C=O) groups is 3. The first kappa shape index (κ1) is 30.2. The first-order valence-electron chi connectivity index (χ1n) is 13.9. The van der Waals surface area contributed by atoms with Crippen molar-refractivity contribution in [1.29, 1.82) is 0 Å². The van der Waals surface area contributed by atoms with Gasteiger partial charge in [-0.25, -0.2) is 4.79 Å². The smallest absolute Gasteiger partial charge is 0.408 e. The van der Waals surface area contributed by atoms with Gasteiger partial charge in [0.2, 0.25) is 5.91 Å². The van der Waals surface area contributed by atoms with Crippen LogP contribution in [0.5, 0.6) is 0 Å². The monoisotopic (exact) mass is 535 g/mol. The van der Waals surface area contributed by atoms with Crippen LogP contribution in [0.1, 0.15) is 82.7 Å². The van der Waals surface area contributed by atoms with Crippen LogP contribution in [0, 0.1) is 32.6 Å². The van der Waals surface area contributed by atoms with E-state index in [1.165, 1.54) is 0 Å². The number of nitrogens with one attached hydrogen (secondary N) is 2. The van der Waals surface area contributed by atoms with E-state index in [4.69, 9.17) is 4.74 Å². The van der Waals surface area contributed by atoms with E-state index in [9.17, 15) is 14.4 Å². The average Bonchev–Trinajstić information content (AvgIpc) is 3.51. The van der Waals surface area contributed by atoms with Crippen LogP contribution in [0.15, 0.2) is 42.5 Å². The molecule has 4 unspecified atom stereocenters. The second-order valence-corrected chi connectivity index (χ2v) is 12.5. The van der Waals surface area contributed by atoms with Crippen molar-refractivity contribution >= 4 is 23.6 Å². The molecule has 0 radical (unpaired) electrons. The lowest BCUT2D eigenvalue weighted by atomic mass is 9.96. The van der Waals surface area contributed by atoms with Gasteiger partial charge in [0.1, 0.15) is 17.7 Å². The average molecular weight is 536 g/mol. The number of aryl methyl sites for hydroxylation is 3. The zero-order chi connectivity index (χ0) is 29.1. The first-order chi connectivity index (χ1) is 18.2. The van der Waals surface area contributed by atoms with Crippen molar-refractivity contribution in [2.24, 2.45) is 11.8 Å². The second kappa shape index (κ2) is 12.2. The molecule has 2 aromatic carbocycles. The van der Waals surface area contributed by atoms with Crippen LogP contribution in [0.2, 0.25) is 0 Å². The van der Waals surface area contributed by atoms with Crippen LogP contribution in [-0.4, -0.2) is 40.5 Å². The molecular weight excluding hydrogens is 490 g/mol. The van der Waals surface area contributed by atoms with Gasteiger partial charge in [-0.15, -0.1) is 0 Å². The fourth-order valence-corrected chi connectivity index (χ4v) is 5.02. The molecule has 3 amide bonds. The van der Waals surface area contributed by atoms with Gasteiger partial charge in [0.15, 0.2) is 0 Å². The largest absolute Gasteiger partial charge is 0.444 e. The molecule has 0 aromatic heterocycles. The Balaban J connectivity index is 2.07. The number of rotatable bonds is 9. The normalized spacial score (nSPS) is 18.2. The molecule has 7 nitrogen and oxygen atoms in total. The Morgan fingerprint density at radius 2 is 1.62 bits per heavy atom. The molecule has 1 saturated carbocycles. The van der Waals surface area contributed by atoms with Crippen LogP contribution in [0.3, 0.4) is 0 Å². The predicted octanol–water partition coefficient (Wildman–Crippen LogP) is 6.47. The van der Waals surface area contributed by atoms with Gasteiger partial charge < -0.3 is 20.3 Å². The zero-order valence-corrected chi connectivity index (χ0v) is 24.9. The molecule has 0 bridgehead atoms. The van der Waals surface area contributed by atoms with Crippen molar-refractivity contribution in [3.05, 3.63) is 64.7 Å². The van der Waals surface area contributed by atoms with Gasteiger partial charge in [0.25, 0.3) is 5.91 Å². The Bertz CT molecular complexity index is 1180. The van der Waals surface area contributed by atoms with Gasteiger partial charge in [0.05, 0.1) is 0 Å². The van der Waals surface area contributed by atoms with Crippen molar-refractivity contribution in [2.45, 2.75) is 98.9 Å². The summed E-state index contributed by atoms with van der Waals surface area (Å²) in [6, 6.07) is 11.8. The van der Waals surface area contributed by atoms with E-state index in [2.05, 4.69) is 23.6 Å². The summed E-state index contributed by atoms with van der Waals surface area (Å²) in [7, 11) is 0. The third-order valence-electron chi connectivity index (χ3n) is 6.86. The Kier molecular flexibility index (Phi) is 9.47. The van der Waals surface area contributed by atoms with Gasteiger partial charge >= 0.3 is 6.09 Å². The summed E-state index contributed by atoms with van der Waals surface area (Å²) < 4.78 is 5.49. The van der Waals surface area contributed by atoms with Crippen molar-refractivity contribution < 1.29 is 19.1 Å². The van der Waals surface area contributed by atoms with Gasteiger partial charge in [-0.05, 0) is 83.4 Å². The molecule has 0 spiro atoms. The number of para-hydroxylation sites is 1. The Morgan fingerprint density at radius 1 is 1.03 bits per heavy atom. The minimum atomic E-state index is -0.860. The first-order valence-corrected chi connectivity index (χ1v) is 13.9. The lowest BCUT2D eigenvalue weighted by molar-refractivity contribution is -0.142. The van der Waals surface area contributed by atoms with Crippen LogP contribution in [0.25, 0.3) is 0 Å². The summed E-state index contributed by atoms with van der Waals surface area (Å²) >= 11 is 0. The molecule has 2 aromatic rings. The molecule has 39 heavy (non-hydrogen) atoms. The SMILES string of the molecule is Cc1cc(C)cc(C(C(=O)Nc2ccccc2C)N(C(=O)C(CC(C)C)NC(=O)OC(C)(C)C)C2CC2C)c1. The van der Waals surface area contributed by atoms with E-state index in [0.29, 0.717) is 12.1 Å². The van der Waals surface area contributed by atoms with Crippen LogP contribution in [0.4, 0.5) is 10.5 Å². The number of hydrogen-bond donors (Lipinski definition) is 2. The van der Waals surface area contributed by atoms with E-state index in [0.717, 1.165) is 28.7 Å². The minimum absolute atomic E-state index is 0.110. The van der Waals surface area contributed by atoms with Crippen LogP contribution >= 0.6 is 0 Å². The fourth-order valence-electron chi connectivity index (χ4n) is 5.02. The highest BCUT2D eigenvalue weighted by molar-refractivity contribution is 5.99. The Hall–Kier alpha value is -3.35. The number of alkyl carbamates (subject to hydrolysis) is 1. The summed E-state index contributed by atoms with van der Waals surface area (Å²) in [4.78, 5) is 43.0. The highest BCUT2D eigenvalue weighted by Crippen LogP contribution is 2.41. The van der Waals surface area contributed by atoms with Gasteiger partial charge in [0, 0.05) is 11.7 Å². The summed E-state index contributed by atoms with van der Waals surface area (Å²) in [6.45, 7) is 17.4. The maximum atomic E-state index is 14.4. The van der Waals surface area contributed by atoms with Crippen molar-refractivity contribution in [3.63, 3.8) is 0 Å². The maximum Gasteiger partial charge on any atom is 0.408 e. The molecule has 0 heterocycles. The van der Waals surface area contributed by atoms with Crippen LogP contribution < -0.4 is 10.6 Å². The topological polar surface area (TPSA) is 87.7 Å². The Labute approximate surface area is 233 Å². The fraction of sp³-hybridized carbons (Fsp3) is 0.531. The van der Waals surface area contributed by atoms with E-state index < -0.39 is 23.8 Å². The summed E-state index contributed by atoms with van der Waals surface area (Å²) in [5.74, 6) is -0.169. The molecule has 7 heteroatoms. The quantitative estimate of drug-likeness (QED) is 0.385. The maximum absolute atomic E-state index is 14.4. The van der Waals surface area contributed by atoms with E-state index >= 15 is 0 Å². The van der Waals surface area contributed by atoms with E-state index in [1.54, 1.807) is 25.7 Å². The number of carbonyl (C=O) groups excluding carboxylic acids is 3. The number of amides is 3. The number of hydrogen-bond acceptors (Lipinski definition) is 4. The van der Waals surface area contributed by atoms with Crippen molar-refractivity contribution in [2.75, 3.05) is 5.32 Å². The Morgan fingerprint density at radius 3 is 2.13 bits per heavy atom. The number of benzene rings is 2. The molecule has 3 rings (SSSR count). The molecule has 212 valence electrons. The molecular formula is C32H45N3O4. The number of anilines is 1. The summed E-state index contributed by atoms with van der Waals surface area (Å²) in [6.07, 6.45) is 0.581. The third-order valence-corrected chi connectivity index (χ3v) is 6.86. The molecule has 4 atom stereocenters. The van der Waals surface area contributed by atoms with Gasteiger partial charge in [-0.1, -0.05) is 68.3 Å². The van der Waals surface area contributed by atoms with Crippen LogP contribution in [-0.2, 0) is 14.3 Å². The second-order valence-electron chi connectivity index (χ2n) is 12.5. The molecule has 1 aliphatic carbocycles. The third kappa shape index (κ3) is 8.32. The number of nitrogens with zero attached hydrogens (tertiary/aromatic N) is 1. The molecule has 2 N–H and O–H groups in total. The zero-order valence-electron chi connectivity index (χ0n) is 24.9. The van der Waals surface area contributed by atoms with Crippen molar-refractivity contribution in [3.8, 4) is 0 Å². The molecule has 0 saturated heterocycles. The lowest BCUT2D eigenvalue weighted by Gasteiger charge is -2.35. The van der Waals surface area contributed by atoms with Crippen molar-refractivity contribution in [1.82, 2.24) is 10.2 Å². The number of ether oxygens (including phenoxy) is 1. The summed E-state index contributed by atoms with van der Waals surface area (Å²) in [5.41, 5.74) is 3.73. The molecule has 0 aliphatic heterocycles. The highest BCUT2D eigenvalue weighted by Gasteiger charge is 2.48. The highest BCUT2D eigenvalue weighted by atomic mass is 16.6. The van der Waals surface area contributed by atoms with E-state index in [1.807, 2.05) is 71.0 Å². The van der Waals surface area contributed by atoms with Gasteiger partial charge in [-0.2, -0.15) is 0 Å².